The number of pyridine rings is 1. The summed E-state index contributed by atoms with van der Waals surface area (Å²) < 4.78 is 0. The summed E-state index contributed by atoms with van der Waals surface area (Å²) in [6.07, 6.45) is 0. The zero-order valence-electron chi connectivity index (χ0n) is 10.2. The van der Waals surface area contributed by atoms with Gasteiger partial charge in [0.2, 0.25) is 0 Å². The van der Waals surface area contributed by atoms with Crippen molar-refractivity contribution in [3.05, 3.63) is 47.7 Å². The number of benzene rings is 1. The van der Waals surface area contributed by atoms with Crippen LogP contribution in [0.1, 0.15) is 16.1 Å². The monoisotopic (exact) mass is 253 g/mol. The van der Waals surface area contributed by atoms with Crippen LogP contribution in [0.25, 0.3) is 22.3 Å². The molecule has 19 heavy (non-hydrogen) atoms. The Morgan fingerprint density at radius 1 is 1.26 bits per heavy atom. The van der Waals surface area contributed by atoms with E-state index in [4.69, 9.17) is 0 Å². The van der Waals surface area contributed by atoms with Crippen LogP contribution in [-0.4, -0.2) is 26.3 Å². The highest BCUT2D eigenvalue weighted by Gasteiger charge is 2.17. The first-order chi connectivity index (χ1) is 9.16. The van der Waals surface area contributed by atoms with Gasteiger partial charge in [-0.05, 0) is 13.0 Å². The first kappa shape index (κ1) is 11.4. The van der Waals surface area contributed by atoms with Gasteiger partial charge >= 0.3 is 5.97 Å². The van der Waals surface area contributed by atoms with Crippen molar-refractivity contribution in [1.82, 2.24) is 15.2 Å². The van der Waals surface area contributed by atoms with Crippen molar-refractivity contribution >= 4 is 17.0 Å². The third-order valence-corrected chi connectivity index (χ3v) is 2.94. The van der Waals surface area contributed by atoms with E-state index in [1.165, 1.54) is 0 Å². The standard InChI is InChI=1S/C14H11N3O2/c1-8-7-10(14(18)19)11-12(16-17-13(11)15-8)9-5-3-2-4-6-9/h2-7H,1H3,(H,18,19)(H,15,16,17). The molecule has 0 aliphatic heterocycles. The van der Waals surface area contributed by atoms with E-state index in [1.54, 1.807) is 13.0 Å². The van der Waals surface area contributed by atoms with Crippen molar-refractivity contribution < 1.29 is 9.90 Å². The summed E-state index contributed by atoms with van der Waals surface area (Å²) in [6, 6.07) is 11.1. The number of hydrogen-bond donors (Lipinski definition) is 2. The zero-order chi connectivity index (χ0) is 13.4. The van der Waals surface area contributed by atoms with Crippen LogP contribution in [0.15, 0.2) is 36.4 Å². The summed E-state index contributed by atoms with van der Waals surface area (Å²) in [5, 5.41) is 16.8. The van der Waals surface area contributed by atoms with Crippen LogP contribution in [0.3, 0.4) is 0 Å². The first-order valence-corrected chi connectivity index (χ1v) is 5.81. The van der Waals surface area contributed by atoms with Crippen molar-refractivity contribution in [2.45, 2.75) is 6.92 Å². The van der Waals surface area contributed by atoms with Gasteiger partial charge in [0.25, 0.3) is 0 Å². The van der Waals surface area contributed by atoms with Gasteiger partial charge in [-0.3, -0.25) is 5.10 Å². The number of aromatic nitrogens is 3. The van der Waals surface area contributed by atoms with Gasteiger partial charge in [0.1, 0.15) is 0 Å². The molecule has 94 valence electrons. The minimum atomic E-state index is -0.978. The molecule has 0 saturated heterocycles. The van der Waals surface area contributed by atoms with Crippen molar-refractivity contribution in [1.29, 1.82) is 0 Å². The maximum atomic E-state index is 11.4. The molecule has 5 heteroatoms. The average Bonchev–Trinajstić information content (AvgIpc) is 2.82. The molecule has 2 heterocycles. The number of carbonyl (C=O) groups is 1. The Morgan fingerprint density at radius 3 is 2.68 bits per heavy atom. The highest BCUT2D eigenvalue weighted by Crippen LogP contribution is 2.28. The maximum absolute atomic E-state index is 11.4. The molecule has 0 saturated carbocycles. The Balaban J connectivity index is 2.36. The molecular weight excluding hydrogens is 242 g/mol. The van der Waals surface area contributed by atoms with E-state index >= 15 is 0 Å². The highest BCUT2D eigenvalue weighted by molar-refractivity contribution is 6.07. The second kappa shape index (κ2) is 4.20. The molecule has 0 bridgehead atoms. The number of aryl methyl sites for hydroxylation is 1. The largest absolute Gasteiger partial charge is 0.478 e. The minimum absolute atomic E-state index is 0.218. The van der Waals surface area contributed by atoms with Gasteiger partial charge in [-0.2, -0.15) is 5.10 Å². The summed E-state index contributed by atoms with van der Waals surface area (Å²) in [5.41, 5.74) is 2.85. The lowest BCUT2D eigenvalue weighted by molar-refractivity contribution is 0.0699. The number of aromatic amines is 1. The van der Waals surface area contributed by atoms with E-state index in [0.717, 1.165) is 5.56 Å². The van der Waals surface area contributed by atoms with Crippen molar-refractivity contribution in [2.24, 2.45) is 0 Å². The van der Waals surface area contributed by atoms with Gasteiger partial charge in [-0.15, -0.1) is 0 Å². The van der Waals surface area contributed by atoms with E-state index in [1.807, 2.05) is 30.3 Å². The predicted molar refractivity (Wildman–Crippen MR) is 71.0 cm³/mol. The van der Waals surface area contributed by atoms with Crippen LogP contribution in [0.5, 0.6) is 0 Å². The molecule has 0 spiro atoms. The van der Waals surface area contributed by atoms with E-state index in [-0.39, 0.29) is 5.56 Å². The van der Waals surface area contributed by atoms with E-state index in [9.17, 15) is 9.90 Å². The molecule has 0 aliphatic rings. The molecule has 0 atom stereocenters. The van der Waals surface area contributed by atoms with Crippen molar-refractivity contribution in [2.75, 3.05) is 0 Å². The predicted octanol–water partition coefficient (Wildman–Crippen LogP) is 2.63. The molecule has 0 aliphatic carbocycles. The van der Waals surface area contributed by atoms with Crippen molar-refractivity contribution in [3.63, 3.8) is 0 Å². The van der Waals surface area contributed by atoms with Crippen LogP contribution in [0, 0.1) is 6.92 Å². The summed E-state index contributed by atoms with van der Waals surface area (Å²) in [5.74, 6) is -0.978. The minimum Gasteiger partial charge on any atom is -0.478 e. The molecule has 0 fully saturated rings. The SMILES string of the molecule is Cc1cc(C(=O)O)c2c(-c3ccccc3)[nH]nc2n1. The number of aromatic carboxylic acids is 1. The number of hydrogen-bond acceptors (Lipinski definition) is 3. The fourth-order valence-corrected chi connectivity index (χ4v) is 2.13. The number of carboxylic acid groups (broad SMARTS) is 1. The lowest BCUT2D eigenvalue weighted by Crippen LogP contribution is -2.00. The van der Waals surface area contributed by atoms with Crippen molar-refractivity contribution in [3.8, 4) is 11.3 Å². The van der Waals surface area contributed by atoms with E-state index in [0.29, 0.717) is 22.4 Å². The highest BCUT2D eigenvalue weighted by atomic mass is 16.4. The topological polar surface area (TPSA) is 78.9 Å². The molecule has 0 amide bonds. The molecule has 0 unspecified atom stereocenters. The lowest BCUT2D eigenvalue weighted by Gasteiger charge is -2.02. The number of fused-ring (bicyclic) bond motifs is 1. The first-order valence-electron chi connectivity index (χ1n) is 5.81. The third kappa shape index (κ3) is 1.85. The molecule has 0 radical (unpaired) electrons. The molecule has 2 N–H and O–H groups in total. The fourth-order valence-electron chi connectivity index (χ4n) is 2.13. The molecule has 5 nitrogen and oxygen atoms in total. The van der Waals surface area contributed by atoms with Crippen LogP contribution < -0.4 is 0 Å². The van der Waals surface area contributed by atoms with Gasteiger partial charge in [0.15, 0.2) is 5.65 Å². The maximum Gasteiger partial charge on any atom is 0.336 e. The normalized spacial score (nSPS) is 10.8. The van der Waals surface area contributed by atoms with E-state index < -0.39 is 5.97 Å². The smallest absolute Gasteiger partial charge is 0.336 e. The molecule has 3 aromatic rings. The van der Waals surface area contributed by atoms with Crippen LogP contribution in [0.4, 0.5) is 0 Å². The van der Waals surface area contributed by atoms with Gasteiger partial charge in [-0.1, -0.05) is 30.3 Å². The van der Waals surface area contributed by atoms with E-state index in [2.05, 4.69) is 15.2 Å². The van der Waals surface area contributed by atoms with Gasteiger partial charge in [0.05, 0.1) is 16.6 Å². The Kier molecular flexibility index (Phi) is 2.52. The number of rotatable bonds is 2. The average molecular weight is 253 g/mol. The Hall–Kier alpha value is -2.69. The van der Waals surface area contributed by atoms with Gasteiger partial charge < -0.3 is 5.11 Å². The zero-order valence-corrected chi connectivity index (χ0v) is 10.2. The number of nitrogens with one attached hydrogen (secondary N) is 1. The second-order valence-electron chi connectivity index (χ2n) is 4.28. The molecule has 3 rings (SSSR count). The third-order valence-electron chi connectivity index (χ3n) is 2.94. The summed E-state index contributed by atoms with van der Waals surface area (Å²) in [6.45, 7) is 1.75. The van der Waals surface area contributed by atoms with Gasteiger partial charge in [0, 0.05) is 11.3 Å². The summed E-state index contributed by atoms with van der Waals surface area (Å²) in [4.78, 5) is 15.6. The number of nitrogens with zero attached hydrogens (tertiary/aromatic N) is 2. The Morgan fingerprint density at radius 2 is 2.00 bits per heavy atom. The quantitative estimate of drug-likeness (QED) is 0.735. The van der Waals surface area contributed by atoms with Crippen LogP contribution >= 0.6 is 0 Å². The van der Waals surface area contributed by atoms with Gasteiger partial charge in [-0.25, -0.2) is 9.78 Å². The van der Waals surface area contributed by atoms with Crippen LogP contribution in [-0.2, 0) is 0 Å². The Bertz CT molecular complexity index is 763. The molecule has 2 aromatic heterocycles. The number of carboxylic acids is 1. The van der Waals surface area contributed by atoms with Crippen LogP contribution in [0.2, 0.25) is 0 Å². The second-order valence-corrected chi connectivity index (χ2v) is 4.28. The molecular formula is C14H11N3O2. The molecule has 1 aromatic carbocycles. The number of H-pyrrole nitrogens is 1. The summed E-state index contributed by atoms with van der Waals surface area (Å²) in [7, 11) is 0. The fraction of sp³-hybridized carbons (Fsp3) is 0.0714. The Labute approximate surface area is 108 Å². The summed E-state index contributed by atoms with van der Waals surface area (Å²) >= 11 is 0. The lowest BCUT2D eigenvalue weighted by atomic mass is 10.0.